The molecule has 0 fully saturated rings. The van der Waals surface area contributed by atoms with Gasteiger partial charge in [-0.15, -0.1) is 0 Å². The molecule has 0 unspecified atom stereocenters. The number of aromatic nitrogens is 1. The minimum atomic E-state index is 0.229. The summed E-state index contributed by atoms with van der Waals surface area (Å²) in [5.41, 5.74) is 5.24. The number of hydrogen-bond donors (Lipinski definition) is 2. The van der Waals surface area contributed by atoms with E-state index < -0.39 is 0 Å². The Morgan fingerprint density at radius 3 is 2.67 bits per heavy atom. The van der Waals surface area contributed by atoms with Crippen molar-refractivity contribution in [1.29, 1.82) is 0 Å². The first-order valence-corrected chi connectivity index (χ1v) is 7.33. The van der Waals surface area contributed by atoms with Crippen LogP contribution < -0.4 is 10.1 Å². The Bertz CT molecular complexity index is 774. The first-order chi connectivity index (χ1) is 10.4. The summed E-state index contributed by atoms with van der Waals surface area (Å²) in [6, 6.07) is 17.1. The summed E-state index contributed by atoms with van der Waals surface area (Å²) in [6.45, 7) is 1.01. The van der Waals surface area contributed by atoms with Crippen molar-refractivity contribution >= 4 is 10.9 Å². The normalized spacial score (nSPS) is 17.7. The maximum absolute atomic E-state index is 5.25. The second kappa shape index (κ2) is 4.93. The van der Waals surface area contributed by atoms with Crippen LogP contribution >= 0.6 is 0 Å². The molecule has 0 aliphatic carbocycles. The maximum Gasteiger partial charge on any atom is 0.118 e. The van der Waals surface area contributed by atoms with Gasteiger partial charge in [-0.05, 0) is 35.7 Å². The molecule has 3 heteroatoms. The van der Waals surface area contributed by atoms with E-state index >= 15 is 0 Å². The van der Waals surface area contributed by atoms with E-state index in [0.29, 0.717) is 0 Å². The van der Waals surface area contributed by atoms with Gasteiger partial charge in [0.2, 0.25) is 0 Å². The minimum absolute atomic E-state index is 0.229. The molecule has 1 atom stereocenters. The highest BCUT2D eigenvalue weighted by molar-refractivity contribution is 5.85. The van der Waals surface area contributed by atoms with Crippen LogP contribution in [0, 0.1) is 0 Å². The Balaban J connectivity index is 1.82. The molecule has 3 nitrogen and oxygen atoms in total. The molecule has 3 aromatic rings. The molecule has 0 saturated heterocycles. The highest BCUT2D eigenvalue weighted by Crippen LogP contribution is 2.33. The number of H-pyrrole nitrogens is 1. The molecule has 0 spiro atoms. The SMILES string of the molecule is COc1ccc([C@H]2NCCc3c2[nH]c2ccccc32)cc1. The van der Waals surface area contributed by atoms with Crippen LogP contribution in [0.4, 0.5) is 0 Å². The van der Waals surface area contributed by atoms with Crippen molar-refractivity contribution in [3.05, 3.63) is 65.4 Å². The lowest BCUT2D eigenvalue weighted by Crippen LogP contribution is -2.30. The standard InChI is InChI=1S/C18H18N2O/c1-21-13-8-6-12(7-9-13)17-18-15(10-11-19-17)14-4-2-3-5-16(14)20-18/h2-9,17,19-20H,10-11H2,1H3/t17-/m1/s1. The van der Waals surface area contributed by atoms with Gasteiger partial charge in [0.05, 0.1) is 13.2 Å². The molecular formula is C18H18N2O. The molecule has 0 radical (unpaired) electrons. The zero-order valence-electron chi connectivity index (χ0n) is 12.0. The first kappa shape index (κ1) is 12.5. The number of benzene rings is 2. The third kappa shape index (κ3) is 2.01. The van der Waals surface area contributed by atoms with Gasteiger partial charge in [0, 0.05) is 23.1 Å². The third-order valence-corrected chi connectivity index (χ3v) is 4.31. The Kier molecular flexibility index (Phi) is 2.93. The molecular weight excluding hydrogens is 260 g/mol. The second-order valence-corrected chi connectivity index (χ2v) is 5.47. The van der Waals surface area contributed by atoms with Crippen LogP contribution in [0.25, 0.3) is 10.9 Å². The number of aromatic amines is 1. The summed E-state index contributed by atoms with van der Waals surface area (Å²) >= 11 is 0. The van der Waals surface area contributed by atoms with E-state index in [4.69, 9.17) is 4.74 Å². The molecule has 106 valence electrons. The van der Waals surface area contributed by atoms with Crippen molar-refractivity contribution in [2.45, 2.75) is 12.5 Å². The van der Waals surface area contributed by atoms with Gasteiger partial charge < -0.3 is 15.0 Å². The fourth-order valence-corrected chi connectivity index (χ4v) is 3.26. The van der Waals surface area contributed by atoms with Crippen LogP contribution in [-0.4, -0.2) is 18.6 Å². The van der Waals surface area contributed by atoms with E-state index in [0.717, 1.165) is 18.7 Å². The van der Waals surface area contributed by atoms with Crippen molar-refractivity contribution in [2.75, 3.05) is 13.7 Å². The van der Waals surface area contributed by atoms with Crippen LogP contribution in [0.5, 0.6) is 5.75 Å². The average Bonchev–Trinajstić information content (AvgIpc) is 2.94. The summed E-state index contributed by atoms with van der Waals surface area (Å²) in [7, 11) is 1.70. The van der Waals surface area contributed by atoms with E-state index in [-0.39, 0.29) is 6.04 Å². The zero-order valence-corrected chi connectivity index (χ0v) is 12.0. The van der Waals surface area contributed by atoms with Gasteiger partial charge in [-0.2, -0.15) is 0 Å². The van der Waals surface area contributed by atoms with Gasteiger partial charge in [-0.1, -0.05) is 30.3 Å². The van der Waals surface area contributed by atoms with Gasteiger partial charge >= 0.3 is 0 Å². The Morgan fingerprint density at radius 2 is 1.86 bits per heavy atom. The fourth-order valence-electron chi connectivity index (χ4n) is 3.26. The topological polar surface area (TPSA) is 37.0 Å². The Labute approximate surface area is 123 Å². The van der Waals surface area contributed by atoms with Crippen LogP contribution in [-0.2, 0) is 6.42 Å². The molecule has 1 aliphatic heterocycles. The maximum atomic E-state index is 5.25. The van der Waals surface area contributed by atoms with Crippen molar-refractivity contribution in [3.63, 3.8) is 0 Å². The number of para-hydroxylation sites is 1. The lowest BCUT2D eigenvalue weighted by Gasteiger charge is -2.25. The number of rotatable bonds is 2. The van der Waals surface area contributed by atoms with E-state index in [9.17, 15) is 0 Å². The number of hydrogen-bond acceptors (Lipinski definition) is 2. The predicted octanol–water partition coefficient (Wildman–Crippen LogP) is 3.41. The number of ether oxygens (including phenoxy) is 1. The van der Waals surface area contributed by atoms with Gasteiger partial charge in [0.25, 0.3) is 0 Å². The molecule has 1 aromatic heterocycles. The largest absolute Gasteiger partial charge is 0.497 e. The Hall–Kier alpha value is -2.26. The molecule has 0 bridgehead atoms. The monoisotopic (exact) mass is 278 g/mol. The van der Waals surface area contributed by atoms with Gasteiger partial charge in [-0.3, -0.25) is 0 Å². The lowest BCUT2D eigenvalue weighted by molar-refractivity contribution is 0.414. The van der Waals surface area contributed by atoms with E-state index in [1.165, 1.54) is 27.7 Å². The summed E-state index contributed by atoms with van der Waals surface area (Å²) in [5.74, 6) is 0.895. The number of nitrogens with one attached hydrogen (secondary N) is 2. The summed E-state index contributed by atoms with van der Waals surface area (Å²) < 4.78 is 5.25. The fraction of sp³-hybridized carbons (Fsp3) is 0.222. The highest BCUT2D eigenvalue weighted by Gasteiger charge is 2.24. The number of fused-ring (bicyclic) bond motifs is 3. The van der Waals surface area contributed by atoms with Crippen molar-refractivity contribution in [2.24, 2.45) is 0 Å². The molecule has 2 aromatic carbocycles. The smallest absolute Gasteiger partial charge is 0.118 e. The van der Waals surface area contributed by atoms with Crippen LogP contribution in [0.3, 0.4) is 0 Å². The second-order valence-electron chi connectivity index (χ2n) is 5.47. The first-order valence-electron chi connectivity index (χ1n) is 7.33. The highest BCUT2D eigenvalue weighted by atomic mass is 16.5. The quantitative estimate of drug-likeness (QED) is 0.753. The summed E-state index contributed by atoms with van der Waals surface area (Å²) in [5, 5.41) is 4.97. The van der Waals surface area contributed by atoms with Crippen LogP contribution in [0.1, 0.15) is 22.9 Å². The summed E-state index contributed by atoms with van der Waals surface area (Å²) in [6.07, 6.45) is 1.08. The van der Waals surface area contributed by atoms with Gasteiger partial charge in [0.1, 0.15) is 5.75 Å². The van der Waals surface area contributed by atoms with E-state index in [2.05, 4.69) is 46.7 Å². The minimum Gasteiger partial charge on any atom is -0.497 e. The van der Waals surface area contributed by atoms with E-state index in [1.807, 2.05) is 12.1 Å². The molecule has 0 amide bonds. The predicted molar refractivity (Wildman–Crippen MR) is 84.8 cm³/mol. The van der Waals surface area contributed by atoms with Crippen molar-refractivity contribution in [1.82, 2.24) is 10.3 Å². The third-order valence-electron chi connectivity index (χ3n) is 4.31. The molecule has 4 rings (SSSR count). The van der Waals surface area contributed by atoms with Crippen LogP contribution in [0.15, 0.2) is 48.5 Å². The molecule has 2 heterocycles. The van der Waals surface area contributed by atoms with Crippen molar-refractivity contribution in [3.8, 4) is 5.75 Å². The Morgan fingerprint density at radius 1 is 1.05 bits per heavy atom. The van der Waals surface area contributed by atoms with Crippen LogP contribution in [0.2, 0.25) is 0 Å². The molecule has 1 aliphatic rings. The molecule has 21 heavy (non-hydrogen) atoms. The zero-order chi connectivity index (χ0) is 14.2. The molecule has 0 saturated carbocycles. The number of methoxy groups -OCH3 is 1. The lowest BCUT2D eigenvalue weighted by atomic mass is 9.94. The van der Waals surface area contributed by atoms with Crippen molar-refractivity contribution < 1.29 is 4.74 Å². The average molecular weight is 278 g/mol. The van der Waals surface area contributed by atoms with Gasteiger partial charge in [0.15, 0.2) is 0 Å². The van der Waals surface area contributed by atoms with E-state index in [1.54, 1.807) is 7.11 Å². The summed E-state index contributed by atoms with van der Waals surface area (Å²) in [4.78, 5) is 3.60. The molecule has 2 N–H and O–H groups in total. The van der Waals surface area contributed by atoms with Gasteiger partial charge in [-0.25, -0.2) is 0 Å².